The van der Waals surface area contributed by atoms with Gasteiger partial charge in [0, 0.05) is 29.5 Å². The molecule has 0 aliphatic heterocycles. The number of hydrogen-bond donors (Lipinski definition) is 1. The summed E-state index contributed by atoms with van der Waals surface area (Å²) >= 11 is 4.14. The average molecular weight is 308 g/mol. The largest absolute Gasteiger partial charge is 0.262 e. The van der Waals surface area contributed by atoms with Gasteiger partial charge in [0.25, 0.3) is 0 Å². The molecule has 0 aliphatic rings. The van der Waals surface area contributed by atoms with Gasteiger partial charge in [-0.1, -0.05) is 0 Å². The predicted molar refractivity (Wildman–Crippen MR) is 87.0 cm³/mol. The first-order valence-electron chi connectivity index (χ1n) is 6.71. The summed E-state index contributed by atoms with van der Waals surface area (Å²) in [5.74, 6) is 0. The average Bonchev–Trinajstić information content (AvgIpc) is 3.12. The zero-order valence-electron chi connectivity index (χ0n) is 11.7. The maximum atomic E-state index is 4.54. The van der Waals surface area contributed by atoms with Crippen LogP contribution in [0.2, 0.25) is 0 Å². The molecule has 0 fully saturated rings. The van der Waals surface area contributed by atoms with E-state index < -0.39 is 0 Å². The zero-order valence-corrected chi connectivity index (χ0v) is 12.6. The minimum absolute atomic E-state index is 0.837. The lowest BCUT2D eigenvalue weighted by atomic mass is 10.2. The van der Waals surface area contributed by atoms with Gasteiger partial charge in [-0.25, -0.2) is 8.77 Å². The van der Waals surface area contributed by atoms with E-state index in [0.717, 1.165) is 33.4 Å². The summed E-state index contributed by atoms with van der Waals surface area (Å²) in [4.78, 5) is 8.64. The van der Waals surface area contributed by atoms with Crippen molar-refractivity contribution in [2.45, 2.75) is 6.92 Å². The molecule has 0 aromatic carbocycles. The van der Waals surface area contributed by atoms with E-state index >= 15 is 0 Å². The number of aryl methyl sites for hydroxylation is 1. The maximum absolute atomic E-state index is 4.54. The fourth-order valence-corrected chi connectivity index (χ4v) is 2.50. The topological polar surface area (TPSA) is 61.4 Å². The minimum atomic E-state index is 0.837. The summed E-state index contributed by atoms with van der Waals surface area (Å²) in [5.41, 5.74) is 4.62. The number of pyridine rings is 2. The monoisotopic (exact) mass is 308 g/mol. The molecule has 0 saturated heterocycles. The third-order valence-corrected chi connectivity index (χ3v) is 3.60. The van der Waals surface area contributed by atoms with Crippen molar-refractivity contribution >= 4 is 23.7 Å². The highest BCUT2D eigenvalue weighted by Crippen LogP contribution is 2.22. The molecule has 0 aliphatic carbocycles. The number of thiol groups is 1. The van der Waals surface area contributed by atoms with Crippen LogP contribution in [0.25, 0.3) is 27.8 Å². The zero-order chi connectivity index (χ0) is 15.1. The van der Waals surface area contributed by atoms with E-state index in [1.54, 1.807) is 18.6 Å². The van der Waals surface area contributed by atoms with Crippen LogP contribution in [0.1, 0.15) is 5.56 Å². The lowest BCUT2D eigenvalue weighted by Crippen LogP contribution is -1.95. The Hall–Kier alpha value is -2.67. The molecule has 7 heteroatoms. The smallest absolute Gasteiger partial charge is 0.111 e. The number of aromatic nitrogens is 6. The fraction of sp³-hybridized carbons (Fsp3) is 0.0667. The van der Waals surface area contributed by atoms with Gasteiger partial charge in [-0.3, -0.25) is 9.97 Å². The van der Waals surface area contributed by atoms with Crippen LogP contribution in [-0.4, -0.2) is 28.9 Å². The number of rotatable bonds is 2. The minimum Gasteiger partial charge on any atom is -0.262 e. The van der Waals surface area contributed by atoms with Crippen molar-refractivity contribution in [3.63, 3.8) is 0 Å². The molecule has 4 rings (SSSR count). The van der Waals surface area contributed by atoms with Gasteiger partial charge < -0.3 is 0 Å². The molecule has 4 aromatic heterocycles. The Bertz CT molecular complexity index is 971. The molecular formula is C15H12N6S. The first-order chi connectivity index (χ1) is 10.7. The van der Waals surface area contributed by atoms with Gasteiger partial charge in [0.15, 0.2) is 0 Å². The quantitative estimate of drug-likeness (QED) is 0.578. The third kappa shape index (κ3) is 2.25. The molecule has 0 spiro atoms. The predicted octanol–water partition coefficient (Wildman–Crippen LogP) is 2.68. The second kappa shape index (κ2) is 4.96. The molecule has 0 bridgehead atoms. The first-order valence-corrected chi connectivity index (χ1v) is 7.11. The molecule has 4 aromatic rings. The van der Waals surface area contributed by atoms with Crippen molar-refractivity contribution in [2.24, 2.45) is 0 Å². The van der Waals surface area contributed by atoms with Gasteiger partial charge >= 0.3 is 0 Å². The van der Waals surface area contributed by atoms with E-state index in [-0.39, 0.29) is 0 Å². The van der Waals surface area contributed by atoms with E-state index in [9.17, 15) is 0 Å². The lowest BCUT2D eigenvalue weighted by Gasteiger charge is -2.00. The number of hydrogen-bond acceptors (Lipinski definition) is 5. The summed E-state index contributed by atoms with van der Waals surface area (Å²) in [6.45, 7) is 2.01. The fourth-order valence-electron chi connectivity index (χ4n) is 2.33. The second-order valence-corrected chi connectivity index (χ2v) is 5.48. The Kier molecular flexibility index (Phi) is 2.93. The molecule has 0 amide bonds. The normalized spacial score (nSPS) is 11.2. The molecule has 0 atom stereocenters. The summed E-state index contributed by atoms with van der Waals surface area (Å²) < 4.78 is 3.28. The summed E-state index contributed by atoms with van der Waals surface area (Å²) in [6, 6.07) is 4.03. The Morgan fingerprint density at radius 1 is 1.05 bits per heavy atom. The van der Waals surface area contributed by atoms with Crippen molar-refractivity contribution in [3.05, 3.63) is 54.9 Å². The Labute approximate surface area is 132 Å². The van der Waals surface area contributed by atoms with E-state index in [1.807, 2.05) is 42.3 Å². The standard InChI is InChI=1S/C15H12N6S/c1-10-2-13(6-16-4-10)20-8-11-3-14(17-7-15(11)19-20)12-5-18-21(22)9-12/h2-9,22H,1H3. The van der Waals surface area contributed by atoms with Crippen LogP contribution in [-0.2, 0) is 0 Å². The molecule has 4 heterocycles. The maximum Gasteiger partial charge on any atom is 0.111 e. The molecule has 0 unspecified atom stereocenters. The van der Waals surface area contributed by atoms with Crippen molar-refractivity contribution in [2.75, 3.05) is 0 Å². The third-order valence-electron chi connectivity index (χ3n) is 3.38. The highest BCUT2D eigenvalue weighted by Gasteiger charge is 2.08. The van der Waals surface area contributed by atoms with Crippen LogP contribution < -0.4 is 0 Å². The summed E-state index contributed by atoms with van der Waals surface area (Å²) in [6.07, 6.45) is 10.9. The number of nitrogens with zero attached hydrogens (tertiary/aromatic N) is 6. The van der Waals surface area contributed by atoms with Gasteiger partial charge in [-0.05, 0) is 37.4 Å². The molecule has 6 nitrogen and oxygen atoms in total. The van der Waals surface area contributed by atoms with E-state index in [1.165, 1.54) is 4.09 Å². The Balaban J connectivity index is 1.81. The van der Waals surface area contributed by atoms with Gasteiger partial charge in [0.05, 0.1) is 30.0 Å². The van der Waals surface area contributed by atoms with E-state index in [4.69, 9.17) is 0 Å². The van der Waals surface area contributed by atoms with Crippen LogP contribution in [0.15, 0.2) is 49.3 Å². The second-order valence-electron chi connectivity index (χ2n) is 5.07. The molecule has 22 heavy (non-hydrogen) atoms. The highest BCUT2D eigenvalue weighted by atomic mass is 32.1. The van der Waals surface area contributed by atoms with Gasteiger partial charge in [-0.15, -0.1) is 0 Å². The van der Waals surface area contributed by atoms with Gasteiger partial charge in [-0.2, -0.15) is 10.2 Å². The van der Waals surface area contributed by atoms with Crippen molar-refractivity contribution < 1.29 is 0 Å². The summed E-state index contributed by atoms with van der Waals surface area (Å²) in [5, 5.41) is 9.60. The van der Waals surface area contributed by atoms with Crippen LogP contribution in [0, 0.1) is 6.92 Å². The van der Waals surface area contributed by atoms with Crippen LogP contribution in [0.4, 0.5) is 0 Å². The van der Waals surface area contributed by atoms with Gasteiger partial charge in [0.2, 0.25) is 0 Å². The number of fused-ring (bicyclic) bond motifs is 1. The van der Waals surface area contributed by atoms with Crippen molar-refractivity contribution in [3.8, 4) is 16.9 Å². The van der Waals surface area contributed by atoms with E-state index in [0.29, 0.717) is 0 Å². The van der Waals surface area contributed by atoms with Crippen LogP contribution in [0.5, 0.6) is 0 Å². The molecule has 0 radical (unpaired) electrons. The lowest BCUT2D eigenvalue weighted by molar-refractivity contribution is 0.886. The molecule has 108 valence electrons. The van der Waals surface area contributed by atoms with Crippen molar-refractivity contribution in [1.82, 2.24) is 28.9 Å². The van der Waals surface area contributed by atoms with Crippen molar-refractivity contribution in [1.29, 1.82) is 0 Å². The molecular weight excluding hydrogens is 296 g/mol. The Morgan fingerprint density at radius 3 is 2.73 bits per heavy atom. The highest BCUT2D eigenvalue weighted by molar-refractivity contribution is 7.78. The first kappa shape index (κ1) is 13.0. The SMILES string of the molecule is Cc1cncc(-n2cc3cc(-c4cnn(S)c4)ncc3n2)c1. The molecule has 0 saturated carbocycles. The van der Waals surface area contributed by atoms with Gasteiger partial charge in [0.1, 0.15) is 5.52 Å². The summed E-state index contributed by atoms with van der Waals surface area (Å²) in [7, 11) is 0. The molecule has 0 N–H and O–H groups in total. The van der Waals surface area contributed by atoms with Crippen LogP contribution in [0.3, 0.4) is 0 Å². The van der Waals surface area contributed by atoms with E-state index in [2.05, 4.69) is 33.0 Å². The Morgan fingerprint density at radius 2 is 1.95 bits per heavy atom. The van der Waals surface area contributed by atoms with Crippen LogP contribution >= 0.6 is 12.8 Å².